The molecule has 0 aliphatic heterocycles. The Balaban J connectivity index is 2.23. The number of carbonyl (C=O) groups is 2. The van der Waals surface area contributed by atoms with Crippen LogP contribution in [0.3, 0.4) is 0 Å². The molecule has 2 rings (SSSR count). The lowest BCUT2D eigenvalue weighted by atomic mass is 10.1. The molecule has 1 N–H and O–H groups in total. The molecule has 0 saturated carbocycles. The van der Waals surface area contributed by atoms with Gasteiger partial charge in [0.2, 0.25) is 11.8 Å². The highest BCUT2D eigenvalue weighted by molar-refractivity contribution is 6.35. The maximum absolute atomic E-state index is 13.3. The van der Waals surface area contributed by atoms with E-state index in [9.17, 15) is 9.59 Å². The number of nitrogens with zero attached hydrogens (tertiary/aromatic N) is 1. The molecule has 0 saturated heterocycles. The largest absolute Gasteiger partial charge is 0.352 e. The Morgan fingerprint density at radius 3 is 2.33 bits per heavy atom. The summed E-state index contributed by atoms with van der Waals surface area (Å²) in [6.07, 6.45) is 2.17. The summed E-state index contributed by atoms with van der Waals surface area (Å²) >= 11 is 12.3. The number of halogens is 2. The monoisotopic (exact) mass is 448 g/mol. The van der Waals surface area contributed by atoms with Gasteiger partial charge in [0.25, 0.3) is 0 Å². The second kappa shape index (κ2) is 12.0. The van der Waals surface area contributed by atoms with E-state index in [1.807, 2.05) is 51.1 Å². The van der Waals surface area contributed by atoms with E-state index < -0.39 is 6.04 Å². The maximum atomic E-state index is 13.3. The molecule has 0 aliphatic carbocycles. The summed E-state index contributed by atoms with van der Waals surface area (Å²) in [5.41, 5.74) is 1.82. The van der Waals surface area contributed by atoms with Gasteiger partial charge in [-0.05, 0) is 49.4 Å². The molecule has 30 heavy (non-hydrogen) atoms. The zero-order chi connectivity index (χ0) is 22.1. The first-order valence-corrected chi connectivity index (χ1v) is 11.2. The number of carbonyl (C=O) groups excluding carboxylic acids is 2. The van der Waals surface area contributed by atoms with Crippen LogP contribution in [0.1, 0.15) is 44.7 Å². The Morgan fingerprint density at radius 2 is 1.73 bits per heavy atom. The zero-order valence-electron chi connectivity index (χ0n) is 17.8. The van der Waals surface area contributed by atoms with Gasteiger partial charge in [0, 0.05) is 22.6 Å². The molecule has 0 unspecified atom stereocenters. The smallest absolute Gasteiger partial charge is 0.243 e. The topological polar surface area (TPSA) is 49.4 Å². The minimum absolute atomic E-state index is 0.0586. The van der Waals surface area contributed by atoms with Gasteiger partial charge in [-0.15, -0.1) is 0 Å². The lowest BCUT2D eigenvalue weighted by molar-refractivity contribution is -0.140. The van der Waals surface area contributed by atoms with Gasteiger partial charge in [-0.25, -0.2) is 0 Å². The second-order valence-corrected chi connectivity index (χ2v) is 8.32. The van der Waals surface area contributed by atoms with Crippen molar-refractivity contribution in [3.05, 3.63) is 69.7 Å². The summed E-state index contributed by atoms with van der Waals surface area (Å²) in [6, 6.07) is 14.6. The van der Waals surface area contributed by atoms with Gasteiger partial charge in [-0.2, -0.15) is 0 Å². The van der Waals surface area contributed by atoms with Gasteiger partial charge < -0.3 is 10.2 Å². The predicted molar refractivity (Wildman–Crippen MR) is 124 cm³/mol. The molecular formula is C24H30Cl2N2O2. The quantitative estimate of drug-likeness (QED) is 0.535. The lowest BCUT2D eigenvalue weighted by Gasteiger charge is -2.31. The molecule has 162 valence electrons. The maximum Gasteiger partial charge on any atom is 0.243 e. The first-order chi connectivity index (χ1) is 14.3. The third kappa shape index (κ3) is 7.03. The molecule has 6 heteroatoms. The number of benzene rings is 2. The summed E-state index contributed by atoms with van der Waals surface area (Å²) in [4.78, 5) is 27.9. The van der Waals surface area contributed by atoms with Gasteiger partial charge >= 0.3 is 0 Å². The highest BCUT2D eigenvalue weighted by Gasteiger charge is 2.29. The molecule has 0 fully saturated rings. The van der Waals surface area contributed by atoms with Gasteiger partial charge in [-0.1, -0.05) is 73.4 Å². The highest BCUT2D eigenvalue weighted by atomic mass is 35.5. The van der Waals surface area contributed by atoms with Gasteiger partial charge in [-0.3, -0.25) is 9.59 Å². The van der Waals surface area contributed by atoms with Crippen LogP contribution in [0.15, 0.2) is 48.5 Å². The lowest BCUT2D eigenvalue weighted by Crippen LogP contribution is -2.52. The molecule has 0 heterocycles. The molecule has 0 radical (unpaired) electrons. The molecule has 0 aliphatic rings. The van der Waals surface area contributed by atoms with E-state index in [1.165, 1.54) is 0 Å². The molecule has 4 nitrogen and oxygen atoms in total. The van der Waals surface area contributed by atoms with E-state index in [0.29, 0.717) is 35.0 Å². The van der Waals surface area contributed by atoms with Gasteiger partial charge in [0.15, 0.2) is 0 Å². The van der Waals surface area contributed by atoms with Crippen LogP contribution in [-0.4, -0.2) is 35.3 Å². The van der Waals surface area contributed by atoms with Crippen molar-refractivity contribution in [1.29, 1.82) is 0 Å². The number of hydrogen-bond donors (Lipinski definition) is 1. The Bertz CT molecular complexity index is 842. The fraction of sp³-hybridized carbons (Fsp3) is 0.417. The average molecular weight is 449 g/mol. The van der Waals surface area contributed by atoms with E-state index in [2.05, 4.69) is 5.32 Å². The van der Waals surface area contributed by atoms with Crippen LogP contribution in [0.2, 0.25) is 10.0 Å². The van der Waals surface area contributed by atoms with E-state index in [-0.39, 0.29) is 24.3 Å². The molecule has 0 aromatic heterocycles. The van der Waals surface area contributed by atoms with Crippen LogP contribution in [0.5, 0.6) is 0 Å². The minimum Gasteiger partial charge on any atom is -0.352 e. The van der Waals surface area contributed by atoms with Gasteiger partial charge in [0.1, 0.15) is 6.04 Å². The van der Waals surface area contributed by atoms with Crippen LogP contribution >= 0.6 is 23.2 Å². The van der Waals surface area contributed by atoms with Crippen molar-refractivity contribution in [2.45, 2.75) is 58.5 Å². The van der Waals surface area contributed by atoms with Crippen molar-refractivity contribution in [3.63, 3.8) is 0 Å². The van der Waals surface area contributed by atoms with Crippen molar-refractivity contribution in [1.82, 2.24) is 10.2 Å². The molecule has 0 spiro atoms. The van der Waals surface area contributed by atoms with Crippen molar-refractivity contribution in [2.24, 2.45) is 0 Å². The number of amides is 2. The van der Waals surface area contributed by atoms with Gasteiger partial charge in [0.05, 0.1) is 6.42 Å². The summed E-state index contributed by atoms with van der Waals surface area (Å²) in [5.74, 6) is -0.239. The van der Waals surface area contributed by atoms with E-state index in [1.54, 1.807) is 23.1 Å². The molecule has 0 bridgehead atoms. The first kappa shape index (κ1) is 24.2. The van der Waals surface area contributed by atoms with Crippen LogP contribution in [0.4, 0.5) is 0 Å². The molecule has 2 aromatic carbocycles. The van der Waals surface area contributed by atoms with E-state index in [0.717, 1.165) is 12.0 Å². The number of rotatable bonds is 10. The van der Waals surface area contributed by atoms with E-state index >= 15 is 0 Å². The van der Waals surface area contributed by atoms with Crippen LogP contribution in [0, 0.1) is 0 Å². The second-order valence-electron chi connectivity index (χ2n) is 7.48. The summed E-state index contributed by atoms with van der Waals surface area (Å²) in [5, 5.41) is 4.00. The van der Waals surface area contributed by atoms with Crippen molar-refractivity contribution in [3.8, 4) is 0 Å². The van der Waals surface area contributed by atoms with Crippen LogP contribution < -0.4 is 5.32 Å². The Morgan fingerprint density at radius 1 is 1.03 bits per heavy atom. The fourth-order valence-corrected chi connectivity index (χ4v) is 3.74. The fourth-order valence-electron chi connectivity index (χ4n) is 3.27. The minimum atomic E-state index is -0.527. The molecule has 2 aromatic rings. The molecule has 2 atom stereocenters. The average Bonchev–Trinajstić information content (AvgIpc) is 2.73. The third-order valence-electron chi connectivity index (χ3n) is 5.23. The van der Waals surface area contributed by atoms with Crippen molar-refractivity contribution >= 4 is 35.0 Å². The van der Waals surface area contributed by atoms with Crippen LogP contribution in [-0.2, 0) is 22.4 Å². The predicted octanol–water partition coefficient (Wildman–Crippen LogP) is 5.30. The first-order valence-electron chi connectivity index (χ1n) is 10.4. The summed E-state index contributed by atoms with van der Waals surface area (Å²) < 4.78 is 0. The molecular weight excluding hydrogens is 419 g/mol. The number of nitrogens with one attached hydrogen (secondary N) is 1. The van der Waals surface area contributed by atoms with Crippen molar-refractivity contribution < 1.29 is 9.59 Å². The Labute approximate surface area is 189 Å². The Hall–Kier alpha value is -2.04. The van der Waals surface area contributed by atoms with Crippen molar-refractivity contribution in [2.75, 3.05) is 6.54 Å². The van der Waals surface area contributed by atoms with E-state index in [4.69, 9.17) is 23.2 Å². The standard InChI is InChI=1S/C24H30Cl2N2O2/c1-4-17(3)27-24(30)22(5-2)28(14-13-18-9-7-6-8-10-18)23(29)15-19-11-12-20(25)16-21(19)26/h6-12,16-17,22H,4-5,13-15H2,1-3H3,(H,27,30)/t17-,22-/m1/s1. The number of hydrogen-bond acceptors (Lipinski definition) is 2. The normalized spacial score (nSPS) is 12.8. The summed E-state index contributed by atoms with van der Waals surface area (Å²) in [6.45, 7) is 6.38. The SMILES string of the molecule is CC[C@@H](C)NC(=O)[C@@H](CC)N(CCc1ccccc1)C(=O)Cc1ccc(Cl)cc1Cl. The third-order valence-corrected chi connectivity index (χ3v) is 5.81. The molecule has 2 amide bonds. The zero-order valence-corrected chi connectivity index (χ0v) is 19.3. The summed E-state index contributed by atoms with van der Waals surface area (Å²) in [7, 11) is 0. The van der Waals surface area contributed by atoms with Crippen LogP contribution in [0.25, 0.3) is 0 Å². The highest BCUT2D eigenvalue weighted by Crippen LogP contribution is 2.22. The Kier molecular flexibility index (Phi) is 9.67.